The SMILES string of the molecule is CC(C)c1nnc(-c2ccccc2B(O)O)o1.CCCc1nnc(-c2c(F)cccc2B(O)O)o1.CCCc1nnc(-c2cc(F)ccc2B(O)O)o1.CCCc1nnc(-c2cc(OC)ccc2B(O)O)o1.O=C1CCCN1CCc1nnc(-c2ccccc2B(O)O)o1.OB(O)c1ccccc1-c1nnc(-c2ccco2)o1.OB(O)c1ccccc1-c1nnc(CCc2ccccc2)o1. The first kappa shape index (κ1) is 102. The molecule has 8 aromatic carbocycles. The van der Waals surface area contributed by atoms with E-state index in [0.29, 0.717) is 159 Å². The van der Waals surface area contributed by atoms with Crippen LogP contribution in [0.2, 0.25) is 0 Å². The van der Waals surface area contributed by atoms with Crippen molar-refractivity contribution in [3.8, 4) is 97.6 Å². The van der Waals surface area contributed by atoms with Gasteiger partial charge in [0.2, 0.25) is 82.5 Å². The fourth-order valence-corrected chi connectivity index (χ4v) is 13.1. The number of aromatic nitrogens is 14. The number of halogens is 2. The molecule has 1 amide bonds. The Hall–Kier alpha value is -14.0. The molecule has 694 valence electrons. The number of methoxy groups -OCH3 is 1. The second kappa shape index (κ2) is 50.2. The largest absolute Gasteiger partial charge is 0.497 e. The van der Waals surface area contributed by atoms with Gasteiger partial charge < -0.3 is 115 Å². The summed E-state index contributed by atoms with van der Waals surface area (Å²) < 4.78 is 75.5. The first-order valence-electron chi connectivity index (χ1n) is 42.4. The van der Waals surface area contributed by atoms with Gasteiger partial charge in [-0.25, -0.2) is 8.78 Å². The summed E-state index contributed by atoms with van der Waals surface area (Å²) in [6.07, 6.45) is 9.43. The van der Waals surface area contributed by atoms with Crippen LogP contribution in [0.4, 0.5) is 8.78 Å². The average molecular weight is 1850 g/mol. The Morgan fingerprint density at radius 3 is 1.17 bits per heavy atom. The van der Waals surface area contributed by atoms with Crippen LogP contribution in [0, 0.1) is 11.6 Å². The molecule has 135 heavy (non-hydrogen) atoms. The van der Waals surface area contributed by atoms with Crippen LogP contribution in [-0.4, -0.2) is 223 Å². The summed E-state index contributed by atoms with van der Waals surface area (Å²) >= 11 is 0. The first-order valence-corrected chi connectivity index (χ1v) is 42.4. The molecule has 0 spiro atoms. The van der Waals surface area contributed by atoms with Crippen molar-refractivity contribution in [3.05, 3.63) is 253 Å². The summed E-state index contributed by atoms with van der Waals surface area (Å²) in [4.78, 5) is 13.3. The standard InChI is InChI=1S/C16H15BN2O3.C14H16BN3O4.C12H9BN2O4.C12H15BN2O4.2C11H12BFN2O3.C11H13BN2O3/c20-17(21)14-9-5-4-8-13(14)16-19-18-15(22-16)11-10-12-6-2-1-3-7-12;19-13-6-3-8-18(13)9-7-12-16-17-14(22-12)10-4-1-2-5-11(10)15(20)21;16-13(17)9-5-2-1-4-8(9)11-14-15-12(19-11)10-6-3-7-18-10;1-3-4-11-14-15-12(19-11)9-7-8(18-2)5-6-10(9)13(16)17;1-2-4-9-14-15-11(18-9)10-7(12(16)17)5-3-6-8(10)13;1-2-3-10-14-15-11(18-10)8-6-7(13)4-5-9(8)12(16)17;1-7(2)10-13-14-11(17-10)8-5-3-4-6-9(8)12(15)16/h1-9,20-21H,10-11H2;1-2,4-5,20-21H,3,6-9H2;1-7,16-17H;5-7,16-17H,3-4H2,1-2H3;3,5-6,16-17H,2,4H2,1H3;4-6,16-17H,2-3H2,1H3;3-7,15-16H,1-2H3. The van der Waals surface area contributed by atoms with Crippen LogP contribution in [0.3, 0.4) is 0 Å². The van der Waals surface area contributed by atoms with Crippen molar-refractivity contribution in [2.45, 2.75) is 111 Å². The monoisotopic (exact) mass is 1850 g/mol. The number of benzene rings is 8. The van der Waals surface area contributed by atoms with Crippen LogP contribution in [0.5, 0.6) is 5.75 Å². The van der Waals surface area contributed by atoms with Crippen molar-refractivity contribution in [3.63, 3.8) is 0 Å². The van der Waals surface area contributed by atoms with Crippen LogP contribution in [-0.2, 0) is 43.3 Å². The van der Waals surface area contributed by atoms with Gasteiger partial charge >= 0.3 is 49.8 Å². The zero-order chi connectivity index (χ0) is 96.6. The number of aryl methyl sites for hydroxylation is 5. The Bertz CT molecular complexity index is 6370. The first-order chi connectivity index (χ1) is 65.1. The molecule has 16 aromatic rings. The number of carbonyl (C=O) groups is 1. The summed E-state index contributed by atoms with van der Waals surface area (Å²) in [5.74, 6) is 4.63. The highest BCUT2D eigenvalue weighted by molar-refractivity contribution is 6.63. The molecule has 0 unspecified atom stereocenters. The fourth-order valence-electron chi connectivity index (χ4n) is 13.1. The Kier molecular flexibility index (Phi) is 37.8. The molecule has 0 saturated carbocycles. The van der Waals surface area contributed by atoms with Crippen molar-refractivity contribution in [2.24, 2.45) is 0 Å². The number of rotatable bonds is 29. The minimum Gasteiger partial charge on any atom is -0.497 e. The van der Waals surface area contributed by atoms with Crippen LogP contribution >= 0.6 is 0 Å². The lowest BCUT2D eigenvalue weighted by Crippen LogP contribution is -2.32. The number of ether oxygens (including phenoxy) is 1. The number of likely N-dealkylation sites (tertiary alicyclic amines) is 1. The lowest BCUT2D eigenvalue weighted by atomic mass is 9.77. The highest BCUT2D eigenvalue weighted by atomic mass is 19.1. The molecule has 8 aromatic heterocycles. The van der Waals surface area contributed by atoms with Crippen molar-refractivity contribution < 1.29 is 124 Å². The second-order valence-electron chi connectivity index (χ2n) is 29.8. The summed E-state index contributed by atoms with van der Waals surface area (Å²) in [5.41, 5.74) is 5.59. The van der Waals surface area contributed by atoms with Crippen molar-refractivity contribution >= 4 is 94.0 Å². The average Bonchev–Trinajstić information content (AvgIpc) is 1.72. The number of amides is 1. The zero-order valence-corrected chi connectivity index (χ0v) is 73.7. The predicted molar refractivity (Wildman–Crippen MR) is 491 cm³/mol. The van der Waals surface area contributed by atoms with Crippen molar-refractivity contribution in [1.82, 2.24) is 76.3 Å². The highest BCUT2D eigenvalue weighted by Crippen LogP contribution is 2.28. The fraction of sp³-hybridized carbons (Fsp3) is 0.230. The molecule has 1 saturated heterocycles. The van der Waals surface area contributed by atoms with E-state index < -0.39 is 61.5 Å². The molecule has 0 aliphatic carbocycles. The number of hydrogen-bond acceptors (Lipinski definition) is 38. The molecular weight excluding hydrogens is 1750 g/mol. The maximum atomic E-state index is 13.7. The van der Waals surface area contributed by atoms with E-state index in [1.54, 1.807) is 132 Å². The van der Waals surface area contributed by atoms with Crippen molar-refractivity contribution in [2.75, 3.05) is 20.2 Å². The summed E-state index contributed by atoms with van der Waals surface area (Å²) in [6.45, 7) is 11.2. The Balaban J connectivity index is 0.000000152. The Morgan fingerprint density at radius 1 is 0.363 bits per heavy atom. The molecular formula is C87H92B7F2N15O24. The quantitative estimate of drug-likeness (QED) is 0.0299. The predicted octanol–water partition coefficient (Wildman–Crippen LogP) is 3.39. The van der Waals surface area contributed by atoms with Gasteiger partial charge in [0.25, 0.3) is 5.89 Å². The maximum absolute atomic E-state index is 13.7. The van der Waals surface area contributed by atoms with E-state index in [1.807, 2.05) is 52.8 Å². The lowest BCUT2D eigenvalue weighted by molar-refractivity contribution is -0.127. The third-order valence-electron chi connectivity index (χ3n) is 19.8. The van der Waals surface area contributed by atoms with Gasteiger partial charge in [-0.15, -0.1) is 71.4 Å². The number of nitrogens with zero attached hydrogens (tertiary/aromatic N) is 15. The Labute approximate surface area is 772 Å². The van der Waals surface area contributed by atoms with E-state index in [9.17, 15) is 83.9 Å². The van der Waals surface area contributed by atoms with Gasteiger partial charge in [0, 0.05) is 90.9 Å². The van der Waals surface area contributed by atoms with Crippen LogP contribution in [0.25, 0.3) is 91.8 Å². The molecule has 17 rings (SSSR count). The molecule has 9 heterocycles. The summed E-state index contributed by atoms with van der Waals surface area (Å²) in [5, 5.41) is 185. The van der Waals surface area contributed by atoms with Crippen LogP contribution < -0.4 is 43.0 Å². The third kappa shape index (κ3) is 28.3. The number of carbonyl (C=O) groups excluding carboxylic acids is 1. The van der Waals surface area contributed by atoms with E-state index in [2.05, 4.69) is 83.5 Å². The van der Waals surface area contributed by atoms with Gasteiger partial charge in [0.15, 0.2) is 5.76 Å². The summed E-state index contributed by atoms with van der Waals surface area (Å²) in [6, 6.07) is 53.0. The number of furan rings is 1. The van der Waals surface area contributed by atoms with Gasteiger partial charge in [0.05, 0.1) is 18.9 Å². The van der Waals surface area contributed by atoms with E-state index >= 15 is 0 Å². The van der Waals surface area contributed by atoms with E-state index in [1.165, 1.54) is 43.2 Å². The normalized spacial score (nSPS) is 11.3. The van der Waals surface area contributed by atoms with Gasteiger partial charge in [-0.1, -0.05) is 162 Å². The van der Waals surface area contributed by atoms with Gasteiger partial charge in [-0.2, -0.15) is 0 Å². The minimum absolute atomic E-state index is 0.00157. The summed E-state index contributed by atoms with van der Waals surface area (Å²) in [7, 11) is -9.92. The molecule has 1 aliphatic rings. The van der Waals surface area contributed by atoms with Gasteiger partial charge in [-0.05, 0) is 143 Å². The molecule has 0 atom stereocenters. The van der Waals surface area contributed by atoms with Crippen molar-refractivity contribution in [1.29, 1.82) is 0 Å². The Morgan fingerprint density at radius 2 is 0.741 bits per heavy atom. The van der Waals surface area contributed by atoms with Crippen LogP contribution in [0.1, 0.15) is 114 Å². The molecule has 0 bridgehead atoms. The topological polar surface area (TPSA) is 598 Å². The molecule has 1 fully saturated rings. The van der Waals surface area contributed by atoms with E-state index in [4.69, 9.17) is 40.1 Å². The second-order valence-corrected chi connectivity index (χ2v) is 29.8. The van der Waals surface area contributed by atoms with Gasteiger partial charge in [0.1, 0.15) is 17.4 Å². The van der Waals surface area contributed by atoms with Crippen LogP contribution in [0.15, 0.2) is 236 Å². The minimum atomic E-state index is -1.79. The number of hydrogen-bond donors (Lipinski definition) is 14. The lowest BCUT2D eigenvalue weighted by Gasteiger charge is -2.13. The van der Waals surface area contributed by atoms with E-state index in [-0.39, 0.29) is 69.2 Å². The van der Waals surface area contributed by atoms with Gasteiger partial charge in [-0.3, -0.25) is 4.79 Å². The molecule has 14 N–H and O–H groups in total. The maximum Gasteiger partial charge on any atom is 0.489 e. The smallest absolute Gasteiger partial charge is 0.489 e. The zero-order valence-electron chi connectivity index (χ0n) is 73.7. The van der Waals surface area contributed by atoms with E-state index in [0.717, 1.165) is 50.8 Å². The third-order valence-corrected chi connectivity index (χ3v) is 19.8. The highest BCUT2D eigenvalue weighted by Gasteiger charge is 2.30. The molecule has 1 aliphatic heterocycles. The molecule has 39 nitrogen and oxygen atoms in total. The molecule has 48 heteroatoms. The molecule has 0 radical (unpaired) electrons.